The number of carbonyl (C=O) groups is 1. The van der Waals surface area contributed by atoms with Crippen LogP contribution in [0.2, 0.25) is 0 Å². The number of anilines is 2. The number of ether oxygens (including phenoxy) is 1. The molecule has 0 fully saturated rings. The van der Waals surface area contributed by atoms with Gasteiger partial charge in [0.1, 0.15) is 6.61 Å². The second-order valence-electron chi connectivity index (χ2n) is 7.23. The highest BCUT2D eigenvalue weighted by molar-refractivity contribution is 7.99. The van der Waals surface area contributed by atoms with Crippen molar-refractivity contribution in [2.24, 2.45) is 5.41 Å². The highest BCUT2D eigenvalue weighted by Gasteiger charge is 2.37. The zero-order valence-electron chi connectivity index (χ0n) is 16.1. The highest BCUT2D eigenvalue weighted by Crippen LogP contribution is 2.49. The molecule has 0 bridgehead atoms. The molecule has 2 aromatic rings. The first-order valence-corrected chi connectivity index (χ1v) is 10.2. The Balaban J connectivity index is 1.92. The number of carbonyl (C=O) groups excluding carboxylic acids is 1. The molecule has 1 N–H and O–H groups in total. The first-order chi connectivity index (χ1) is 13.0. The second kappa shape index (κ2) is 8.36. The second-order valence-corrected chi connectivity index (χ2v) is 8.32. The summed E-state index contributed by atoms with van der Waals surface area (Å²) in [5.41, 5.74) is 1.76. The van der Waals surface area contributed by atoms with Crippen LogP contribution in [0.3, 0.4) is 0 Å². The molecule has 1 aliphatic rings. The lowest BCUT2D eigenvalue weighted by atomic mass is 9.81. The first-order valence-electron chi connectivity index (χ1n) is 9.43. The molecule has 0 saturated carbocycles. The van der Waals surface area contributed by atoms with E-state index in [0.717, 1.165) is 0 Å². The van der Waals surface area contributed by atoms with Crippen LogP contribution in [0.1, 0.15) is 33.6 Å². The van der Waals surface area contributed by atoms with Crippen molar-refractivity contribution in [1.29, 1.82) is 0 Å². The molecule has 0 spiro atoms. The highest BCUT2D eigenvalue weighted by atomic mass is 32.2. The molecule has 3 rings (SSSR count). The maximum atomic E-state index is 12.6. The molecule has 1 aliphatic heterocycles. The minimum absolute atomic E-state index is 0.0504. The number of rotatable bonds is 7. The normalized spacial score (nSPS) is 16.1. The largest absolute Gasteiger partial charge is 0.463 e. The number of benzene rings is 2. The van der Waals surface area contributed by atoms with Gasteiger partial charge in [0.2, 0.25) is 0 Å². The monoisotopic (exact) mass is 385 g/mol. The van der Waals surface area contributed by atoms with Crippen molar-refractivity contribution in [2.75, 3.05) is 18.1 Å². The molecular weight excluding hydrogens is 358 g/mol. The van der Waals surface area contributed by atoms with Gasteiger partial charge in [0, 0.05) is 15.8 Å². The summed E-state index contributed by atoms with van der Waals surface area (Å²) in [6.45, 7) is 6.04. The minimum atomic E-state index is -0.594. The van der Waals surface area contributed by atoms with Gasteiger partial charge in [-0.15, -0.1) is 0 Å². The van der Waals surface area contributed by atoms with E-state index in [4.69, 9.17) is 9.84 Å². The molecule has 144 valence electrons. The van der Waals surface area contributed by atoms with Gasteiger partial charge in [0.15, 0.2) is 0 Å². The molecule has 0 amide bonds. The third kappa shape index (κ3) is 3.99. The molecule has 0 aliphatic carbocycles. The Bertz CT molecular complexity index is 764. The van der Waals surface area contributed by atoms with E-state index in [9.17, 15) is 4.79 Å². The number of esters is 1. The summed E-state index contributed by atoms with van der Waals surface area (Å²) in [4.78, 5) is 17.4. The van der Waals surface area contributed by atoms with E-state index in [-0.39, 0.29) is 25.2 Å². The van der Waals surface area contributed by atoms with Crippen molar-refractivity contribution in [3.8, 4) is 0 Å². The lowest BCUT2D eigenvalue weighted by molar-refractivity contribution is -0.156. The maximum absolute atomic E-state index is 12.6. The standard InChI is InChI=1S/C22H27NO3S/c1-4-22(3,21(25)26-14-13-24)15-16(2)23-17-9-5-7-11-19(17)27-20-12-8-6-10-18(20)23/h5-12,16,24H,4,13-15H2,1-3H3. The van der Waals surface area contributed by atoms with E-state index >= 15 is 0 Å². The molecule has 2 atom stereocenters. The van der Waals surface area contributed by atoms with Crippen LogP contribution >= 0.6 is 11.8 Å². The van der Waals surface area contributed by atoms with Gasteiger partial charge in [0.25, 0.3) is 0 Å². The number of aliphatic hydroxyl groups is 1. The smallest absolute Gasteiger partial charge is 0.311 e. The lowest BCUT2D eigenvalue weighted by Crippen LogP contribution is -2.39. The van der Waals surface area contributed by atoms with Crippen molar-refractivity contribution in [2.45, 2.75) is 49.4 Å². The summed E-state index contributed by atoms with van der Waals surface area (Å²) in [6.07, 6.45) is 1.36. The van der Waals surface area contributed by atoms with E-state index < -0.39 is 5.41 Å². The van der Waals surface area contributed by atoms with Crippen LogP contribution in [0, 0.1) is 5.41 Å². The van der Waals surface area contributed by atoms with Crippen molar-refractivity contribution in [1.82, 2.24) is 0 Å². The first kappa shape index (κ1) is 19.8. The number of nitrogens with zero attached hydrogens (tertiary/aromatic N) is 1. The molecule has 4 nitrogen and oxygen atoms in total. The van der Waals surface area contributed by atoms with Crippen LogP contribution in [-0.4, -0.2) is 30.3 Å². The average Bonchev–Trinajstić information content (AvgIpc) is 2.69. The fourth-order valence-corrected chi connectivity index (χ4v) is 4.71. The van der Waals surface area contributed by atoms with Gasteiger partial charge in [-0.05, 0) is 51.0 Å². The van der Waals surface area contributed by atoms with E-state index in [1.54, 1.807) is 11.8 Å². The molecule has 27 heavy (non-hydrogen) atoms. The quantitative estimate of drug-likeness (QED) is 0.678. The summed E-state index contributed by atoms with van der Waals surface area (Å²) in [6, 6.07) is 16.9. The van der Waals surface area contributed by atoms with Crippen LogP contribution < -0.4 is 4.90 Å². The van der Waals surface area contributed by atoms with Crippen LogP contribution in [0.15, 0.2) is 58.3 Å². The molecule has 5 heteroatoms. The average molecular weight is 386 g/mol. The molecule has 0 aromatic heterocycles. The van der Waals surface area contributed by atoms with Crippen LogP contribution in [-0.2, 0) is 9.53 Å². The van der Waals surface area contributed by atoms with Gasteiger partial charge in [-0.3, -0.25) is 4.79 Å². The number of para-hydroxylation sites is 2. The fourth-order valence-electron chi connectivity index (χ4n) is 3.64. The third-order valence-electron chi connectivity index (χ3n) is 5.25. The summed E-state index contributed by atoms with van der Waals surface area (Å²) < 4.78 is 5.26. The van der Waals surface area contributed by atoms with Crippen LogP contribution in [0.25, 0.3) is 0 Å². The molecule has 0 saturated heterocycles. The van der Waals surface area contributed by atoms with Crippen molar-refractivity contribution in [3.63, 3.8) is 0 Å². The third-order valence-corrected chi connectivity index (χ3v) is 6.38. The Morgan fingerprint density at radius 2 is 1.70 bits per heavy atom. The Labute approximate surface area is 165 Å². The summed E-state index contributed by atoms with van der Waals surface area (Å²) in [5.74, 6) is -0.237. The van der Waals surface area contributed by atoms with Gasteiger partial charge in [-0.2, -0.15) is 0 Å². The number of fused-ring (bicyclic) bond motifs is 2. The zero-order valence-corrected chi connectivity index (χ0v) is 17.0. The Morgan fingerprint density at radius 3 is 2.22 bits per heavy atom. The number of aliphatic hydroxyl groups excluding tert-OH is 1. The summed E-state index contributed by atoms with van der Waals surface area (Å²) in [7, 11) is 0. The van der Waals surface area contributed by atoms with Gasteiger partial charge in [0.05, 0.1) is 23.4 Å². The van der Waals surface area contributed by atoms with Crippen LogP contribution in [0.4, 0.5) is 11.4 Å². The van der Waals surface area contributed by atoms with E-state index in [0.29, 0.717) is 12.8 Å². The van der Waals surface area contributed by atoms with Crippen molar-refractivity contribution < 1.29 is 14.6 Å². The topological polar surface area (TPSA) is 49.8 Å². The Hall–Kier alpha value is -1.98. The predicted octanol–water partition coefficient (Wildman–Crippen LogP) is 5.02. The molecule has 0 radical (unpaired) electrons. The zero-order chi connectivity index (χ0) is 19.4. The fraction of sp³-hybridized carbons (Fsp3) is 0.409. The molecule has 2 unspecified atom stereocenters. The maximum Gasteiger partial charge on any atom is 0.311 e. The SMILES string of the molecule is CCC(C)(CC(C)N1c2ccccc2Sc2ccccc21)C(=O)OCCO. The van der Waals surface area contributed by atoms with Gasteiger partial charge in [-0.25, -0.2) is 0 Å². The molecule has 2 aromatic carbocycles. The number of hydrogen-bond acceptors (Lipinski definition) is 5. The Kier molecular flexibility index (Phi) is 6.12. The van der Waals surface area contributed by atoms with E-state index in [1.807, 2.05) is 13.8 Å². The molecular formula is C22H27NO3S. The van der Waals surface area contributed by atoms with E-state index in [2.05, 4.69) is 60.4 Å². The van der Waals surface area contributed by atoms with E-state index in [1.165, 1.54) is 21.2 Å². The number of hydrogen-bond donors (Lipinski definition) is 1. The van der Waals surface area contributed by atoms with Gasteiger partial charge >= 0.3 is 5.97 Å². The van der Waals surface area contributed by atoms with Crippen molar-refractivity contribution >= 4 is 29.1 Å². The summed E-state index contributed by atoms with van der Waals surface area (Å²) in [5, 5.41) is 8.97. The Morgan fingerprint density at radius 1 is 1.15 bits per heavy atom. The summed E-state index contributed by atoms with van der Waals surface area (Å²) >= 11 is 1.78. The lowest BCUT2D eigenvalue weighted by Gasteiger charge is -2.40. The molecule has 1 heterocycles. The minimum Gasteiger partial charge on any atom is -0.463 e. The van der Waals surface area contributed by atoms with Crippen LogP contribution in [0.5, 0.6) is 0 Å². The van der Waals surface area contributed by atoms with Gasteiger partial charge < -0.3 is 14.7 Å². The van der Waals surface area contributed by atoms with Gasteiger partial charge in [-0.1, -0.05) is 43.0 Å². The predicted molar refractivity (Wildman–Crippen MR) is 110 cm³/mol. The van der Waals surface area contributed by atoms with Crippen molar-refractivity contribution in [3.05, 3.63) is 48.5 Å².